The summed E-state index contributed by atoms with van der Waals surface area (Å²) >= 11 is 1.35. The fraction of sp³-hybridized carbons (Fsp3) is 0.150. The number of thioether (sulfide) groups is 1. The number of benzene rings is 2. The minimum atomic E-state index is -0.0738. The van der Waals surface area contributed by atoms with Crippen LogP contribution < -0.4 is 5.32 Å². The van der Waals surface area contributed by atoms with Crippen molar-refractivity contribution in [3.05, 3.63) is 59.9 Å². The van der Waals surface area contributed by atoms with Crippen LogP contribution in [-0.2, 0) is 4.79 Å². The summed E-state index contributed by atoms with van der Waals surface area (Å²) in [4.78, 5) is 21.0. The Hall–Kier alpha value is -2.86. The van der Waals surface area contributed by atoms with E-state index in [1.54, 1.807) is 0 Å². The summed E-state index contributed by atoms with van der Waals surface area (Å²) in [7, 11) is 0. The highest BCUT2D eigenvalue weighted by Crippen LogP contribution is 2.32. The number of carbonyl (C=O) groups is 1. The van der Waals surface area contributed by atoms with Crippen LogP contribution in [0.2, 0.25) is 0 Å². The van der Waals surface area contributed by atoms with Crippen LogP contribution in [0.3, 0.4) is 0 Å². The van der Waals surface area contributed by atoms with Crippen LogP contribution in [0.5, 0.6) is 0 Å². The predicted molar refractivity (Wildman–Crippen MR) is 105 cm³/mol. The van der Waals surface area contributed by atoms with Gasteiger partial charge in [0.2, 0.25) is 5.91 Å². The van der Waals surface area contributed by atoms with Gasteiger partial charge in [0, 0.05) is 11.1 Å². The number of nitrogens with zero attached hydrogens (tertiary/aromatic N) is 2. The first-order chi connectivity index (χ1) is 12.6. The van der Waals surface area contributed by atoms with E-state index in [1.165, 1.54) is 18.1 Å². The predicted octanol–water partition coefficient (Wildman–Crippen LogP) is 4.72. The molecule has 0 saturated carbocycles. The molecule has 5 nitrogen and oxygen atoms in total. The molecule has 0 spiro atoms. The summed E-state index contributed by atoms with van der Waals surface area (Å²) in [5, 5.41) is 4.61. The second-order valence-electron chi connectivity index (χ2n) is 6.06. The van der Waals surface area contributed by atoms with Crippen LogP contribution in [0.25, 0.3) is 22.1 Å². The van der Waals surface area contributed by atoms with Gasteiger partial charge < -0.3 is 9.73 Å². The van der Waals surface area contributed by atoms with E-state index >= 15 is 0 Å². The van der Waals surface area contributed by atoms with Crippen molar-refractivity contribution in [3.63, 3.8) is 0 Å². The number of hydrogen-bond acceptors (Lipinski definition) is 5. The van der Waals surface area contributed by atoms with E-state index in [2.05, 4.69) is 15.3 Å². The standard InChI is InChI=1S/C20H17N3O2S/c1-12-6-5-7-13(2)17(12)23-16(24)10-26-20-19-18(21-11-22-20)14-8-3-4-9-15(14)25-19/h3-9,11H,10H2,1-2H3,(H,23,24). The van der Waals surface area contributed by atoms with E-state index < -0.39 is 0 Å². The highest BCUT2D eigenvalue weighted by molar-refractivity contribution is 8.00. The first-order valence-electron chi connectivity index (χ1n) is 8.24. The lowest BCUT2D eigenvalue weighted by Gasteiger charge is -2.11. The Bertz CT molecular complexity index is 1100. The van der Waals surface area contributed by atoms with E-state index in [1.807, 2.05) is 56.3 Å². The summed E-state index contributed by atoms with van der Waals surface area (Å²) in [6.07, 6.45) is 1.51. The van der Waals surface area contributed by atoms with Crippen LogP contribution in [-0.4, -0.2) is 21.6 Å². The summed E-state index contributed by atoms with van der Waals surface area (Å²) in [5.41, 5.74) is 5.13. The molecule has 2 aromatic carbocycles. The maximum atomic E-state index is 12.4. The Balaban J connectivity index is 1.55. The number of amides is 1. The van der Waals surface area contributed by atoms with Crippen LogP contribution in [0.15, 0.2) is 58.2 Å². The highest BCUT2D eigenvalue weighted by atomic mass is 32.2. The van der Waals surface area contributed by atoms with Crippen molar-refractivity contribution in [2.75, 3.05) is 11.1 Å². The minimum absolute atomic E-state index is 0.0738. The average molecular weight is 363 g/mol. The maximum absolute atomic E-state index is 12.4. The molecule has 0 aliphatic heterocycles. The van der Waals surface area contributed by atoms with Gasteiger partial charge in [-0.2, -0.15) is 0 Å². The average Bonchev–Trinajstić information content (AvgIpc) is 3.02. The number of aromatic nitrogens is 2. The third kappa shape index (κ3) is 3.04. The van der Waals surface area contributed by atoms with Gasteiger partial charge in [-0.25, -0.2) is 9.97 Å². The molecule has 4 aromatic rings. The molecule has 0 aliphatic carbocycles. The number of hydrogen-bond donors (Lipinski definition) is 1. The van der Waals surface area contributed by atoms with Crippen LogP contribution >= 0.6 is 11.8 Å². The first kappa shape index (κ1) is 16.6. The number of furan rings is 1. The van der Waals surface area contributed by atoms with Gasteiger partial charge in [0.05, 0.1) is 5.75 Å². The Morgan fingerprint density at radius 1 is 1.08 bits per heavy atom. The van der Waals surface area contributed by atoms with Gasteiger partial charge in [0.25, 0.3) is 0 Å². The molecular formula is C20H17N3O2S. The number of nitrogens with one attached hydrogen (secondary N) is 1. The van der Waals surface area contributed by atoms with E-state index in [4.69, 9.17) is 4.42 Å². The zero-order valence-electron chi connectivity index (χ0n) is 14.4. The largest absolute Gasteiger partial charge is 0.451 e. The molecule has 0 unspecified atom stereocenters. The third-order valence-electron chi connectivity index (χ3n) is 4.21. The SMILES string of the molecule is Cc1cccc(C)c1NC(=O)CSc1ncnc2c1oc1ccccc12. The lowest BCUT2D eigenvalue weighted by Crippen LogP contribution is -2.15. The minimum Gasteiger partial charge on any atom is -0.451 e. The Morgan fingerprint density at radius 2 is 1.85 bits per heavy atom. The summed E-state index contributed by atoms with van der Waals surface area (Å²) < 4.78 is 5.89. The third-order valence-corrected chi connectivity index (χ3v) is 5.18. The molecule has 0 radical (unpaired) electrons. The molecular weight excluding hydrogens is 346 g/mol. The van der Waals surface area contributed by atoms with Crippen molar-refractivity contribution in [2.24, 2.45) is 0 Å². The van der Waals surface area contributed by atoms with Crippen molar-refractivity contribution in [1.82, 2.24) is 9.97 Å². The summed E-state index contributed by atoms with van der Waals surface area (Å²) in [6, 6.07) is 13.7. The molecule has 0 bridgehead atoms. The summed E-state index contributed by atoms with van der Waals surface area (Å²) in [5.74, 6) is 0.173. The zero-order chi connectivity index (χ0) is 18.1. The van der Waals surface area contributed by atoms with Crippen molar-refractivity contribution < 1.29 is 9.21 Å². The molecule has 0 aliphatic rings. The van der Waals surface area contributed by atoms with Gasteiger partial charge in [-0.1, -0.05) is 42.1 Å². The lowest BCUT2D eigenvalue weighted by molar-refractivity contribution is -0.113. The Labute approximate surface area is 154 Å². The fourth-order valence-corrected chi connectivity index (χ4v) is 3.66. The van der Waals surface area contributed by atoms with Gasteiger partial charge in [0.15, 0.2) is 5.58 Å². The highest BCUT2D eigenvalue weighted by Gasteiger charge is 2.15. The lowest BCUT2D eigenvalue weighted by atomic mass is 10.1. The van der Waals surface area contributed by atoms with E-state index in [9.17, 15) is 4.79 Å². The molecule has 2 heterocycles. The molecule has 6 heteroatoms. The maximum Gasteiger partial charge on any atom is 0.234 e. The number of rotatable bonds is 4. The van der Waals surface area contributed by atoms with Crippen molar-refractivity contribution in [1.29, 1.82) is 0 Å². The molecule has 0 atom stereocenters. The number of anilines is 1. The molecule has 0 saturated heterocycles. The molecule has 2 aromatic heterocycles. The first-order valence-corrected chi connectivity index (χ1v) is 9.23. The molecule has 0 fully saturated rings. The number of fused-ring (bicyclic) bond motifs is 3. The monoisotopic (exact) mass is 363 g/mol. The van der Waals surface area contributed by atoms with Crippen molar-refractivity contribution in [2.45, 2.75) is 18.9 Å². The van der Waals surface area contributed by atoms with Gasteiger partial charge in [-0.05, 0) is 37.1 Å². The van der Waals surface area contributed by atoms with Gasteiger partial charge in [-0.3, -0.25) is 4.79 Å². The Morgan fingerprint density at radius 3 is 2.65 bits per heavy atom. The fourth-order valence-electron chi connectivity index (χ4n) is 2.93. The summed E-state index contributed by atoms with van der Waals surface area (Å²) in [6.45, 7) is 3.97. The second-order valence-corrected chi connectivity index (χ2v) is 7.02. The van der Waals surface area contributed by atoms with Crippen molar-refractivity contribution in [3.8, 4) is 0 Å². The van der Waals surface area contributed by atoms with Gasteiger partial charge in [-0.15, -0.1) is 0 Å². The Kier molecular flexibility index (Phi) is 4.34. The quantitative estimate of drug-likeness (QED) is 0.419. The van der Waals surface area contributed by atoms with Crippen molar-refractivity contribution >= 4 is 45.4 Å². The van der Waals surface area contributed by atoms with E-state index in [0.717, 1.165) is 33.3 Å². The molecule has 26 heavy (non-hydrogen) atoms. The topological polar surface area (TPSA) is 68.0 Å². The molecule has 130 valence electrons. The van der Waals surface area contributed by atoms with Crippen LogP contribution in [0.4, 0.5) is 5.69 Å². The molecule has 1 N–H and O–H groups in total. The van der Waals surface area contributed by atoms with Gasteiger partial charge >= 0.3 is 0 Å². The zero-order valence-corrected chi connectivity index (χ0v) is 15.3. The van der Waals surface area contributed by atoms with E-state index in [-0.39, 0.29) is 11.7 Å². The molecule has 4 rings (SSSR count). The van der Waals surface area contributed by atoms with Crippen LogP contribution in [0, 0.1) is 13.8 Å². The van der Waals surface area contributed by atoms with Crippen LogP contribution in [0.1, 0.15) is 11.1 Å². The van der Waals surface area contributed by atoms with E-state index in [0.29, 0.717) is 10.6 Å². The number of para-hydroxylation sites is 2. The number of carbonyl (C=O) groups excluding carboxylic acids is 1. The number of aryl methyl sites for hydroxylation is 2. The molecule has 1 amide bonds. The normalized spacial score (nSPS) is 11.2. The van der Waals surface area contributed by atoms with Gasteiger partial charge in [0.1, 0.15) is 22.5 Å². The second kappa shape index (κ2) is 6.80. The smallest absolute Gasteiger partial charge is 0.234 e.